The third kappa shape index (κ3) is 4.86. The van der Waals surface area contributed by atoms with E-state index in [9.17, 15) is 4.79 Å². The van der Waals surface area contributed by atoms with E-state index in [1.807, 2.05) is 55.5 Å². The van der Waals surface area contributed by atoms with Crippen LogP contribution in [0, 0.1) is 0 Å². The van der Waals surface area contributed by atoms with E-state index in [2.05, 4.69) is 9.88 Å². The number of hydrogen-bond donors (Lipinski definition) is 1. The van der Waals surface area contributed by atoms with Gasteiger partial charge in [0.1, 0.15) is 17.3 Å². The van der Waals surface area contributed by atoms with E-state index < -0.39 is 0 Å². The highest BCUT2D eigenvalue weighted by Gasteiger charge is 2.19. The molecule has 0 bridgehead atoms. The van der Waals surface area contributed by atoms with Gasteiger partial charge in [-0.15, -0.1) is 0 Å². The predicted molar refractivity (Wildman–Crippen MR) is 125 cm³/mol. The summed E-state index contributed by atoms with van der Waals surface area (Å²) < 4.78 is 13.2. The Bertz CT molecular complexity index is 1220. The van der Waals surface area contributed by atoms with Crippen LogP contribution in [-0.4, -0.2) is 29.2 Å². The Hall–Kier alpha value is -3.51. The molecule has 0 radical (unpaired) electrons. The van der Waals surface area contributed by atoms with Crippen molar-refractivity contribution in [3.63, 3.8) is 0 Å². The molecule has 0 spiro atoms. The van der Waals surface area contributed by atoms with Gasteiger partial charge in [0.05, 0.1) is 30.7 Å². The molecule has 1 aromatic heterocycles. The molecule has 164 valence electrons. The van der Waals surface area contributed by atoms with Crippen LogP contribution in [-0.2, 0) is 11.3 Å². The first-order chi connectivity index (χ1) is 15.5. The van der Waals surface area contributed by atoms with E-state index in [0.29, 0.717) is 17.3 Å². The van der Waals surface area contributed by atoms with Crippen LogP contribution in [0.2, 0.25) is 5.02 Å². The lowest BCUT2D eigenvalue weighted by Crippen LogP contribution is -2.32. The van der Waals surface area contributed by atoms with Crippen LogP contribution >= 0.6 is 11.6 Å². The number of para-hydroxylation sites is 3. The zero-order valence-electron chi connectivity index (χ0n) is 17.9. The number of rotatable bonds is 8. The summed E-state index contributed by atoms with van der Waals surface area (Å²) in [5.41, 5.74) is 2.90. The van der Waals surface area contributed by atoms with Crippen LogP contribution in [0.15, 0.2) is 72.8 Å². The van der Waals surface area contributed by atoms with Crippen molar-refractivity contribution in [1.29, 1.82) is 0 Å². The average molecular weight is 450 g/mol. The summed E-state index contributed by atoms with van der Waals surface area (Å²) in [6, 6.07) is 22.4. The number of hydrogen-bond acceptors (Lipinski definition) is 4. The number of halogens is 1. The maximum absolute atomic E-state index is 12.5. The number of nitrogens with zero attached hydrogens (tertiary/aromatic N) is 2. The minimum Gasteiger partial charge on any atom is -0.496 e. The zero-order chi connectivity index (χ0) is 22.5. The minimum absolute atomic E-state index is 0.0985. The number of fused-ring (bicyclic) bond motifs is 1. The number of amides is 1. The summed E-state index contributed by atoms with van der Waals surface area (Å²) in [5.74, 6) is 1.92. The quantitative estimate of drug-likeness (QED) is 0.411. The van der Waals surface area contributed by atoms with E-state index in [4.69, 9.17) is 26.1 Å². The molecule has 0 aliphatic heterocycles. The Morgan fingerprint density at radius 3 is 2.56 bits per heavy atom. The van der Waals surface area contributed by atoms with Crippen LogP contribution in [0.1, 0.15) is 24.4 Å². The van der Waals surface area contributed by atoms with Gasteiger partial charge in [0, 0.05) is 10.6 Å². The Morgan fingerprint density at radius 1 is 1.06 bits per heavy atom. The Morgan fingerprint density at radius 2 is 1.78 bits per heavy atom. The van der Waals surface area contributed by atoms with Crippen LogP contribution in [0.3, 0.4) is 0 Å². The molecule has 3 aromatic carbocycles. The lowest BCUT2D eigenvalue weighted by molar-refractivity contribution is -0.123. The first-order valence-corrected chi connectivity index (χ1v) is 10.7. The van der Waals surface area contributed by atoms with E-state index in [-0.39, 0.29) is 18.6 Å². The van der Waals surface area contributed by atoms with Crippen molar-refractivity contribution < 1.29 is 14.3 Å². The molecule has 32 heavy (non-hydrogen) atoms. The number of imidazole rings is 1. The smallest absolute Gasteiger partial charge is 0.258 e. The topological polar surface area (TPSA) is 65.4 Å². The maximum Gasteiger partial charge on any atom is 0.258 e. The van der Waals surface area contributed by atoms with E-state index in [1.54, 1.807) is 31.4 Å². The second-order valence-electron chi connectivity index (χ2n) is 7.39. The Labute approximate surface area is 191 Å². The largest absolute Gasteiger partial charge is 0.496 e. The van der Waals surface area contributed by atoms with Gasteiger partial charge in [-0.1, -0.05) is 41.9 Å². The van der Waals surface area contributed by atoms with Gasteiger partial charge in [0.25, 0.3) is 5.91 Å². The summed E-state index contributed by atoms with van der Waals surface area (Å²) in [7, 11) is 1.66. The number of aromatic nitrogens is 2. The second-order valence-corrected chi connectivity index (χ2v) is 7.82. The van der Waals surface area contributed by atoms with Gasteiger partial charge in [-0.3, -0.25) is 4.79 Å². The standard InChI is InChI=1S/C25H24ClN3O3/c1-17(27-24(30)16-32-20-13-11-19(26)12-14-20)25-28-21-8-4-5-9-22(21)29(25)15-18-7-3-6-10-23(18)31-2/h3-14,17H,15-16H2,1-2H3,(H,27,30). The molecule has 1 unspecified atom stereocenters. The molecule has 0 aliphatic rings. The normalized spacial score (nSPS) is 11.8. The van der Waals surface area contributed by atoms with Crippen LogP contribution in [0.5, 0.6) is 11.5 Å². The molecule has 7 heteroatoms. The molecule has 0 fully saturated rings. The fourth-order valence-electron chi connectivity index (χ4n) is 3.62. The molecule has 1 N–H and O–H groups in total. The Balaban J connectivity index is 1.54. The fourth-order valence-corrected chi connectivity index (χ4v) is 3.75. The molecule has 0 aliphatic carbocycles. The first kappa shape index (κ1) is 21.7. The van der Waals surface area contributed by atoms with Gasteiger partial charge in [0.15, 0.2) is 6.61 Å². The lowest BCUT2D eigenvalue weighted by atomic mass is 10.2. The van der Waals surface area contributed by atoms with Crippen molar-refractivity contribution in [3.8, 4) is 11.5 Å². The maximum atomic E-state index is 12.5. The lowest BCUT2D eigenvalue weighted by Gasteiger charge is -2.17. The number of methoxy groups -OCH3 is 1. The monoisotopic (exact) mass is 449 g/mol. The van der Waals surface area contributed by atoms with Crippen molar-refractivity contribution in [2.75, 3.05) is 13.7 Å². The molecule has 4 rings (SSSR count). The summed E-state index contributed by atoms with van der Waals surface area (Å²) >= 11 is 5.88. The molecule has 1 atom stereocenters. The second kappa shape index (κ2) is 9.75. The molecule has 6 nitrogen and oxygen atoms in total. The molecule has 4 aromatic rings. The molecular weight excluding hydrogens is 426 g/mol. The van der Waals surface area contributed by atoms with Crippen molar-refractivity contribution in [2.45, 2.75) is 19.5 Å². The van der Waals surface area contributed by atoms with Gasteiger partial charge >= 0.3 is 0 Å². The van der Waals surface area contributed by atoms with Gasteiger partial charge < -0.3 is 19.4 Å². The van der Waals surface area contributed by atoms with Crippen molar-refractivity contribution >= 4 is 28.5 Å². The zero-order valence-corrected chi connectivity index (χ0v) is 18.7. The highest BCUT2D eigenvalue weighted by Crippen LogP contribution is 2.25. The molecule has 1 heterocycles. The Kier molecular flexibility index (Phi) is 6.61. The third-order valence-corrected chi connectivity index (χ3v) is 5.41. The van der Waals surface area contributed by atoms with Crippen LogP contribution in [0.25, 0.3) is 11.0 Å². The van der Waals surface area contributed by atoms with Gasteiger partial charge in [-0.05, 0) is 49.4 Å². The molecular formula is C25H24ClN3O3. The number of benzene rings is 3. The van der Waals surface area contributed by atoms with Gasteiger partial charge in [-0.2, -0.15) is 0 Å². The third-order valence-electron chi connectivity index (χ3n) is 5.15. The number of carbonyl (C=O) groups excluding carboxylic acids is 1. The summed E-state index contributed by atoms with van der Waals surface area (Å²) in [4.78, 5) is 17.3. The highest BCUT2D eigenvalue weighted by molar-refractivity contribution is 6.30. The highest BCUT2D eigenvalue weighted by atomic mass is 35.5. The average Bonchev–Trinajstić information content (AvgIpc) is 3.18. The van der Waals surface area contributed by atoms with Crippen molar-refractivity contribution in [2.24, 2.45) is 0 Å². The first-order valence-electron chi connectivity index (χ1n) is 10.3. The molecule has 1 amide bonds. The van der Waals surface area contributed by atoms with E-state index in [0.717, 1.165) is 28.2 Å². The van der Waals surface area contributed by atoms with Gasteiger partial charge in [0.2, 0.25) is 0 Å². The number of carbonyl (C=O) groups is 1. The number of ether oxygens (including phenoxy) is 2. The number of nitrogens with one attached hydrogen (secondary N) is 1. The fraction of sp³-hybridized carbons (Fsp3) is 0.200. The summed E-state index contributed by atoms with van der Waals surface area (Å²) in [5, 5.41) is 3.60. The predicted octanol–water partition coefficient (Wildman–Crippen LogP) is 5.00. The summed E-state index contributed by atoms with van der Waals surface area (Å²) in [6.45, 7) is 2.39. The van der Waals surface area contributed by atoms with E-state index >= 15 is 0 Å². The van der Waals surface area contributed by atoms with Crippen molar-refractivity contribution in [3.05, 3.63) is 89.2 Å². The van der Waals surface area contributed by atoms with Gasteiger partial charge in [-0.25, -0.2) is 4.98 Å². The van der Waals surface area contributed by atoms with E-state index in [1.165, 1.54) is 0 Å². The molecule has 0 saturated heterocycles. The SMILES string of the molecule is COc1ccccc1Cn1c(C(C)NC(=O)COc2ccc(Cl)cc2)nc2ccccc21. The minimum atomic E-state index is -0.321. The van der Waals surface area contributed by atoms with Crippen LogP contribution in [0.4, 0.5) is 0 Å². The molecule has 0 saturated carbocycles. The van der Waals surface area contributed by atoms with Crippen LogP contribution < -0.4 is 14.8 Å². The summed E-state index contributed by atoms with van der Waals surface area (Å²) in [6.07, 6.45) is 0. The van der Waals surface area contributed by atoms with Crippen molar-refractivity contribution in [1.82, 2.24) is 14.9 Å².